The number of rotatable bonds is 3. The Morgan fingerprint density at radius 3 is 2.89 bits per heavy atom. The number of benzene rings is 1. The van der Waals surface area contributed by atoms with Crippen molar-refractivity contribution in [3.8, 4) is 5.75 Å². The molecular formula is C14H18ClNO2. The van der Waals surface area contributed by atoms with Gasteiger partial charge < -0.3 is 10.1 Å². The molecule has 0 saturated heterocycles. The van der Waals surface area contributed by atoms with Crippen LogP contribution in [0.25, 0.3) is 0 Å². The molecule has 3 nitrogen and oxygen atoms in total. The highest BCUT2D eigenvalue weighted by atomic mass is 35.5. The van der Waals surface area contributed by atoms with Crippen molar-refractivity contribution in [1.29, 1.82) is 0 Å². The monoisotopic (exact) mass is 267 g/mol. The fourth-order valence-electron chi connectivity index (χ4n) is 1.79. The summed E-state index contributed by atoms with van der Waals surface area (Å²) in [7, 11) is 0. The van der Waals surface area contributed by atoms with Gasteiger partial charge in [-0.15, -0.1) is 11.6 Å². The topological polar surface area (TPSA) is 38.3 Å². The second kappa shape index (κ2) is 4.81. The van der Waals surface area contributed by atoms with E-state index in [2.05, 4.69) is 5.32 Å². The zero-order valence-corrected chi connectivity index (χ0v) is 11.7. The number of hydrogen-bond acceptors (Lipinski definition) is 2. The maximum absolute atomic E-state index is 12.2. The van der Waals surface area contributed by atoms with Crippen molar-refractivity contribution in [2.75, 3.05) is 6.61 Å². The zero-order valence-electron chi connectivity index (χ0n) is 10.9. The SMILES string of the molecule is CC(Cl)C(C)(C)NC(=O)c1ccc2c(c1)CCO2. The van der Waals surface area contributed by atoms with E-state index in [9.17, 15) is 4.79 Å². The Bertz CT molecular complexity index is 469. The third kappa shape index (κ3) is 2.61. The first-order valence-corrected chi connectivity index (χ1v) is 6.56. The van der Waals surface area contributed by atoms with Gasteiger partial charge in [-0.2, -0.15) is 0 Å². The van der Waals surface area contributed by atoms with Gasteiger partial charge in [0, 0.05) is 12.0 Å². The Morgan fingerprint density at radius 2 is 2.22 bits per heavy atom. The fraction of sp³-hybridized carbons (Fsp3) is 0.500. The summed E-state index contributed by atoms with van der Waals surface area (Å²) >= 11 is 6.06. The van der Waals surface area contributed by atoms with Crippen LogP contribution < -0.4 is 10.1 Å². The van der Waals surface area contributed by atoms with E-state index in [1.807, 2.05) is 32.9 Å². The van der Waals surface area contributed by atoms with Crippen LogP contribution in [0.4, 0.5) is 0 Å². The number of ether oxygens (including phenoxy) is 1. The molecule has 1 aliphatic heterocycles. The Labute approximate surface area is 112 Å². The van der Waals surface area contributed by atoms with Gasteiger partial charge in [0.05, 0.1) is 17.5 Å². The molecule has 1 amide bonds. The van der Waals surface area contributed by atoms with Gasteiger partial charge in [0.25, 0.3) is 5.91 Å². The minimum atomic E-state index is -0.436. The van der Waals surface area contributed by atoms with E-state index in [-0.39, 0.29) is 11.3 Å². The van der Waals surface area contributed by atoms with Crippen LogP contribution >= 0.6 is 11.6 Å². The average molecular weight is 268 g/mol. The number of fused-ring (bicyclic) bond motifs is 1. The molecule has 1 atom stereocenters. The van der Waals surface area contributed by atoms with Crippen molar-refractivity contribution in [2.45, 2.75) is 38.1 Å². The molecule has 1 heterocycles. The third-order valence-corrected chi connectivity index (χ3v) is 3.93. The molecule has 0 fully saturated rings. The molecule has 18 heavy (non-hydrogen) atoms. The molecule has 98 valence electrons. The van der Waals surface area contributed by atoms with E-state index in [0.717, 1.165) is 17.7 Å². The summed E-state index contributed by atoms with van der Waals surface area (Å²) < 4.78 is 5.42. The summed E-state index contributed by atoms with van der Waals surface area (Å²) in [6.45, 7) is 6.40. The van der Waals surface area contributed by atoms with Crippen molar-refractivity contribution in [3.05, 3.63) is 29.3 Å². The molecule has 0 spiro atoms. The minimum absolute atomic E-state index is 0.0952. The van der Waals surface area contributed by atoms with Gasteiger partial charge in [-0.25, -0.2) is 0 Å². The highest BCUT2D eigenvalue weighted by Crippen LogP contribution is 2.26. The van der Waals surface area contributed by atoms with Crippen LogP contribution in [-0.4, -0.2) is 23.4 Å². The van der Waals surface area contributed by atoms with Crippen LogP contribution in [0.1, 0.15) is 36.7 Å². The number of carbonyl (C=O) groups excluding carboxylic acids is 1. The summed E-state index contributed by atoms with van der Waals surface area (Å²) in [5, 5.41) is 2.81. The van der Waals surface area contributed by atoms with Crippen LogP contribution in [0.2, 0.25) is 0 Å². The Kier molecular flexibility index (Phi) is 3.53. The van der Waals surface area contributed by atoms with Crippen molar-refractivity contribution >= 4 is 17.5 Å². The first-order valence-electron chi connectivity index (χ1n) is 6.12. The normalized spacial score (nSPS) is 15.8. The molecule has 0 bridgehead atoms. The Hall–Kier alpha value is -1.22. The first-order chi connectivity index (χ1) is 8.40. The van der Waals surface area contributed by atoms with E-state index in [1.54, 1.807) is 6.07 Å². The van der Waals surface area contributed by atoms with Crippen LogP contribution in [0.5, 0.6) is 5.75 Å². The third-order valence-electron chi connectivity index (χ3n) is 3.38. The Morgan fingerprint density at radius 1 is 1.50 bits per heavy atom. The summed E-state index contributed by atoms with van der Waals surface area (Å²) in [5.41, 5.74) is 1.32. The lowest BCUT2D eigenvalue weighted by Gasteiger charge is -2.29. The molecule has 1 aromatic rings. The molecule has 4 heteroatoms. The lowest BCUT2D eigenvalue weighted by Crippen LogP contribution is -2.49. The maximum atomic E-state index is 12.2. The predicted molar refractivity (Wildman–Crippen MR) is 72.5 cm³/mol. The van der Waals surface area contributed by atoms with Gasteiger partial charge in [0.15, 0.2) is 0 Å². The molecule has 2 rings (SSSR count). The summed E-state index contributed by atoms with van der Waals surface area (Å²) in [6, 6.07) is 5.54. The number of alkyl halides is 1. The van der Waals surface area contributed by atoms with Crippen molar-refractivity contribution < 1.29 is 9.53 Å². The minimum Gasteiger partial charge on any atom is -0.493 e. The van der Waals surface area contributed by atoms with Crippen LogP contribution in [-0.2, 0) is 6.42 Å². The van der Waals surface area contributed by atoms with Crippen molar-refractivity contribution in [2.24, 2.45) is 0 Å². The maximum Gasteiger partial charge on any atom is 0.251 e. The van der Waals surface area contributed by atoms with Gasteiger partial charge in [-0.1, -0.05) is 0 Å². The molecule has 1 aliphatic rings. The van der Waals surface area contributed by atoms with Crippen molar-refractivity contribution in [1.82, 2.24) is 5.32 Å². The second-order valence-corrected chi connectivity index (χ2v) is 5.87. The van der Waals surface area contributed by atoms with E-state index in [1.165, 1.54) is 0 Å². The predicted octanol–water partition coefficient (Wildman–Crippen LogP) is 2.76. The first kappa shape index (κ1) is 13.2. The van der Waals surface area contributed by atoms with Gasteiger partial charge in [0.1, 0.15) is 5.75 Å². The molecule has 0 aromatic heterocycles. The molecule has 1 unspecified atom stereocenters. The Balaban J connectivity index is 2.15. The number of halogens is 1. The van der Waals surface area contributed by atoms with Gasteiger partial charge in [0.2, 0.25) is 0 Å². The molecule has 1 N–H and O–H groups in total. The van der Waals surface area contributed by atoms with Crippen LogP contribution in [0.3, 0.4) is 0 Å². The van der Waals surface area contributed by atoms with Gasteiger partial charge in [-0.3, -0.25) is 4.79 Å². The van der Waals surface area contributed by atoms with E-state index in [0.29, 0.717) is 12.2 Å². The zero-order chi connectivity index (χ0) is 13.3. The second-order valence-electron chi connectivity index (χ2n) is 5.21. The molecule has 0 aliphatic carbocycles. The highest BCUT2D eigenvalue weighted by Gasteiger charge is 2.27. The number of hydrogen-bond donors (Lipinski definition) is 1. The lowest BCUT2D eigenvalue weighted by atomic mass is 10.00. The lowest BCUT2D eigenvalue weighted by molar-refractivity contribution is 0.0912. The van der Waals surface area contributed by atoms with E-state index >= 15 is 0 Å². The number of nitrogens with one attached hydrogen (secondary N) is 1. The molecule has 1 aromatic carbocycles. The standard InChI is InChI=1S/C14H18ClNO2/c1-9(15)14(2,3)16-13(17)11-4-5-12-10(8-11)6-7-18-12/h4-5,8-9H,6-7H2,1-3H3,(H,16,17). The number of amides is 1. The average Bonchev–Trinajstić information content (AvgIpc) is 2.74. The van der Waals surface area contributed by atoms with Crippen molar-refractivity contribution in [3.63, 3.8) is 0 Å². The molecule has 0 radical (unpaired) electrons. The van der Waals surface area contributed by atoms with Gasteiger partial charge in [-0.05, 0) is 44.5 Å². The fourth-order valence-corrected chi connectivity index (χ4v) is 1.85. The largest absolute Gasteiger partial charge is 0.493 e. The quantitative estimate of drug-likeness (QED) is 0.856. The smallest absolute Gasteiger partial charge is 0.251 e. The van der Waals surface area contributed by atoms with Crippen LogP contribution in [0, 0.1) is 0 Å². The summed E-state index contributed by atoms with van der Waals surface area (Å²) in [6.07, 6.45) is 0.867. The molecular weight excluding hydrogens is 250 g/mol. The summed E-state index contributed by atoms with van der Waals surface area (Å²) in [5.74, 6) is 0.790. The van der Waals surface area contributed by atoms with E-state index in [4.69, 9.17) is 16.3 Å². The van der Waals surface area contributed by atoms with Gasteiger partial charge >= 0.3 is 0 Å². The summed E-state index contributed by atoms with van der Waals surface area (Å²) in [4.78, 5) is 12.2. The highest BCUT2D eigenvalue weighted by molar-refractivity contribution is 6.21. The van der Waals surface area contributed by atoms with E-state index < -0.39 is 5.54 Å². The van der Waals surface area contributed by atoms with Crippen LogP contribution in [0.15, 0.2) is 18.2 Å². The number of carbonyl (C=O) groups is 1. The molecule has 0 saturated carbocycles.